The summed E-state index contributed by atoms with van der Waals surface area (Å²) >= 11 is 0. The van der Waals surface area contributed by atoms with Crippen LogP contribution in [0.15, 0.2) is 24.3 Å². The molecule has 9 heteroatoms. The summed E-state index contributed by atoms with van der Waals surface area (Å²) in [4.78, 5) is 36.3. The van der Waals surface area contributed by atoms with Crippen LogP contribution in [-0.2, 0) is 14.8 Å². The molecule has 0 aromatic heterocycles. The summed E-state index contributed by atoms with van der Waals surface area (Å²) in [6.45, 7) is 3.42. The van der Waals surface area contributed by atoms with Gasteiger partial charge < -0.3 is 5.11 Å². The predicted octanol–water partition coefficient (Wildman–Crippen LogP) is 1.63. The van der Waals surface area contributed by atoms with Crippen LogP contribution in [0, 0.1) is 0 Å². The fourth-order valence-electron chi connectivity index (χ4n) is 2.95. The Bertz CT molecular complexity index is 812. The summed E-state index contributed by atoms with van der Waals surface area (Å²) in [7, 11) is -3.59. The minimum absolute atomic E-state index is 0.130. The number of aliphatic carboxylic acids is 1. The molecule has 1 aliphatic rings. The van der Waals surface area contributed by atoms with Crippen LogP contribution in [0.4, 0.5) is 0 Å². The summed E-state index contributed by atoms with van der Waals surface area (Å²) in [6.07, 6.45) is 0.686. The Hall–Kier alpha value is -2.26. The molecule has 8 nitrogen and oxygen atoms in total. The van der Waals surface area contributed by atoms with E-state index in [1.165, 1.54) is 0 Å². The van der Waals surface area contributed by atoms with Gasteiger partial charge in [-0.05, 0) is 45.2 Å². The Labute approximate surface area is 158 Å². The second-order valence-corrected chi connectivity index (χ2v) is 9.06. The molecule has 0 radical (unpaired) electrons. The summed E-state index contributed by atoms with van der Waals surface area (Å²) in [6, 6.07) is 6.59. The molecule has 0 bridgehead atoms. The average Bonchev–Trinajstić information content (AvgIpc) is 2.81. The molecule has 27 heavy (non-hydrogen) atoms. The van der Waals surface area contributed by atoms with Crippen molar-refractivity contribution in [1.29, 1.82) is 0 Å². The third kappa shape index (κ3) is 5.61. The minimum Gasteiger partial charge on any atom is -0.481 e. The second-order valence-electron chi connectivity index (χ2n) is 7.21. The quantitative estimate of drug-likeness (QED) is 0.458. The van der Waals surface area contributed by atoms with E-state index < -0.39 is 21.5 Å². The van der Waals surface area contributed by atoms with Crippen LogP contribution in [0.2, 0.25) is 0 Å². The van der Waals surface area contributed by atoms with Crippen LogP contribution in [0.1, 0.15) is 60.2 Å². The van der Waals surface area contributed by atoms with Crippen LogP contribution in [0.5, 0.6) is 0 Å². The van der Waals surface area contributed by atoms with E-state index in [4.69, 9.17) is 5.11 Å². The first-order valence-corrected chi connectivity index (χ1v) is 10.4. The van der Waals surface area contributed by atoms with Crippen molar-refractivity contribution < 1.29 is 27.9 Å². The van der Waals surface area contributed by atoms with Crippen molar-refractivity contribution in [3.8, 4) is 0 Å². The number of hydrogen-bond acceptors (Lipinski definition) is 5. The number of benzene rings is 1. The molecule has 1 heterocycles. The van der Waals surface area contributed by atoms with Gasteiger partial charge in [0.2, 0.25) is 10.0 Å². The van der Waals surface area contributed by atoms with Crippen molar-refractivity contribution >= 4 is 27.8 Å². The van der Waals surface area contributed by atoms with Crippen LogP contribution in [0.25, 0.3) is 0 Å². The summed E-state index contributed by atoms with van der Waals surface area (Å²) in [5.74, 6) is -1.85. The maximum absolute atomic E-state index is 12.2. The summed E-state index contributed by atoms with van der Waals surface area (Å²) in [5, 5.41) is 8.72. The number of rotatable bonds is 10. The molecular weight excluding hydrogens is 372 g/mol. The number of carbonyl (C=O) groups excluding carboxylic acids is 2. The van der Waals surface area contributed by atoms with Gasteiger partial charge in [0.05, 0.1) is 16.9 Å². The van der Waals surface area contributed by atoms with Crippen LogP contribution < -0.4 is 4.72 Å². The molecule has 148 valence electrons. The Balaban J connectivity index is 1.82. The van der Waals surface area contributed by atoms with Gasteiger partial charge in [-0.3, -0.25) is 19.3 Å². The molecule has 1 aromatic carbocycles. The summed E-state index contributed by atoms with van der Waals surface area (Å²) in [5.41, 5.74) is -0.117. The van der Waals surface area contributed by atoms with Gasteiger partial charge >= 0.3 is 5.97 Å². The molecule has 0 spiro atoms. The van der Waals surface area contributed by atoms with Crippen LogP contribution in [-0.4, -0.2) is 54.0 Å². The largest absolute Gasteiger partial charge is 0.481 e. The van der Waals surface area contributed by atoms with Gasteiger partial charge in [0.25, 0.3) is 11.8 Å². The van der Waals surface area contributed by atoms with Gasteiger partial charge in [0.15, 0.2) is 0 Å². The lowest BCUT2D eigenvalue weighted by molar-refractivity contribution is -0.137. The highest BCUT2D eigenvalue weighted by molar-refractivity contribution is 7.89. The number of carboxylic acids is 1. The lowest BCUT2D eigenvalue weighted by Gasteiger charge is -2.25. The molecule has 1 aliphatic heterocycles. The van der Waals surface area contributed by atoms with Gasteiger partial charge in [-0.1, -0.05) is 12.1 Å². The number of nitrogens with one attached hydrogen (secondary N) is 1. The van der Waals surface area contributed by atoms with Gasteiger partial charge in [-0.15, -0.1) is 0 Å². The van der Waals surface area contributed by atoms with E-state index in [2.05, 4.69) is 4.72 Å². The van der Waals surface area contributed by atoms with Gasteiger partial charge in [-0.25, -0.2) is 13.1 Å². The molecular formula is C18H24N2O6S. The average molecular weight is 396 g/mol. The fraction of sp³-hybridized carbons (Fsp3) is 0.500. The molecule has 0 atom stereocenters. The van der Waals surface area contributed by atoms with Crippen LogP contribution in [0.3, 0.4) is 0 Å². The van der Waals surface area contributed by atoms with Gasteiger partial charge in [-0.2, -0.15) is 0 Å². The Kier molecular flexibility index (Phi) is 6.38. The number of carboxylic acid groups (broad SMARTS) is 1. The van der Waals surface area contributed by atoms with E-state index in [0.29, 0.717) is 17.5 Å². The third-order valence-electron chi connectivity index (χ3n) is 4.32. The van der Waals surface area contributed by atoms with Crippen molar-refractivity contribution in [2.75, 3.05) is 12.3 Å². The zero-order chi connectivity index (χ0) is 20.2. The predicted molar refractivity (Wildman–Crippen MR) is 98.9 cm³/mol. The third-order valence-corrected chi connectivity index (χ3v) is 6.01. The molecule has 1 aromatic rings. The molecule has 0 fully saturated rings. The van der Waals surface area contributed by atoms with Crippen molar-refractivity contribution in [2.24, 2.45) is 0 Å². The number of sulfonamides is 1. The highest BCUT2D eigenvalue weighted by Gasteiger charge is 2.34. The molecule has 2 amide bonds. The zero-order valence-electron chi connectivity index (χ0n) is 15.4. The second kappa shape index (κ2) is 8.18. The highest BCUT2D eigenvalue weighted by Crippen LogP contribution is 2.22. The fourth-order valence-corrected chi connectivity index (χ4v) is 4.58. The molecule has 0 saturated carbocycles. The van der Waals surface area contributed by atoms with E-state index in [1.807, 2.05) is 0 Å². The number of amides is 2. The SMILES string of the molecule is CC(C)(CCC(=O)O)NS(=O)(=O)CCCCN1C(=O)c2ccccc2C1=O. The Morgan fingerprint density at radius 1 is 1.11 bits per heavy atom. The highest BCUT2D eigenvalue weighted by atomic mass is 32.2. The minimum atomic E-state index is -3.59. The van der Waals surface area contributed by atoms with Crippen LogP contribution >= 0.6 is 0 Å². The number of nitrogens with zero attached hydrogens (tertiary/aromatic N) is 1. The molecule has 0 aliphatic carbocycles. The normalized spacial score (nSPS) is 14.5. The lowest BCUT2D eigenvalue weighted by atomic mass is 10.0. The van der Waals surface area contributed by atoms with E-state index >= 15 is 0 Å². The maximum Gasteiger partial charge on any atom is 0.303 e. The number of carbonyl (C=O) groups is 3. The van der Waals surface area contributed by atoms with Crippen molar-refractivity contribution in [3.63, 3.8) is 0 Å². The van der Waals surface area contributed by atoms with E-state index in [-0.39, 0.29) is 43.4 Å². The molecule has 0 unspecified atom stereocenters. The van der Waals surface area contributed by atoms with Crippen molar-refractivity contribution in [1.82, 2.24) is 9.62 Å². The topological polar surface area (TPSA) is 121 Å². The zero-order valence-corrected chi connectivity index (χ0v) is 16.2. The first kappa shape index (κ1) is 21.0. The standard InChI is InChI=1S/C18H24N2O6S/c1-18(2,10-9-15(21)22)19-27(25,26)12-6-5-11-20-16(23)13-7-3-4-8-14(13)17(20)24/h3-4,7-8,19H,5-6,9-12H2,1-2H3,(H,21,22). The van der Waals surface area contributed by atoms with Gasteiger partial charge in [0, 0.05) is 18.5 Å². The lowest BCUT2D eigenvalue weighted by Crippen LogP contribution is -2.44. The number of fused-ring (bicyclic) bond motifs is 1. The Morgan fingerprint density at radius 3 is 2.19 bits per heavy atom. The smallest absolute Gasteiger partial charge is 0.303 e. The monoisotopic (exact) mass is 396 g/mol. The van der Waals surface area contributed by atoms with Crippen molar-refractivity contribution in [2.45, 2.75) is 45.1 Å². The van der Waals surface area contributed by atoms with E-state index in [9.17, 15) is 22.8 Å². The molecule has 2 N–H and O–H groups in total. The van der Waals surface area contributed by atoms with Crippen molar-refractivity contribution in [3.05, 3.63) is 35.4 Å². The maximum atomic E-state index is 12.2. The number of hydrogen-bond donors (Lipinski definition) is 2. The summed E-state index contributed by atoms with van der Waals surface area (Å²) < 4.78 is 26.9. The first-order valence-electron chi connectivity index (χ1n) is 8.71. The molecule has 2 rings (SSSR count). The number of imide groups is 1. The van der Waals surface area contributed by atoms with Gasteiger partial charge in [0.1, 0.15) is 0 Å². The Morgan fingerprint density at radius 2 is 1.67 bits per heavy atom. The molecule has 0 saturated heterocycles. The first-order chi connectivity index (χ1) is 12.5. The van der Waals surface area contributed by atoms with E-state index in [0.717, 1.165) is 4.90 Å². The number of unbranched alkanes of at least 4 members (excludes halogenated alkanes) is 1. The van der Waals surface area contributed by atoms with E-state index in [1.54, 1.807) is 38.1 Å².